The lowest BCUT2D eigenvalue weighted by Gasteiger charge is -2.20. The van der Waals surface area contributed by atoms with Crippen molar-refractivity contribution >= 4 is 33.5 Å². The van der Waals surface area contributed by atoms with E-state index in [1.54, 1.807) is 31.2 Å². The van der Waals surface area contributed by atoms with Crippen molar-refractivity contribution in [3.63, 3.8) is 0 Å². The minimum Gasteiger partial charge on any atom is -0.497 e. The van der Waals surface area contributed by atoms with Gasteiger partial charge in [0, 0.05) is 12.6 Å². The number of nitrogens with zero attached hydrogens (tertiary/aromatic N) is 1. The van der Waals surface area contributed by atoms with E-state index in [0.717, 1.165) is 6.07 Å². The molecule has 0 aliphatic heterocycles. The number of esters is 1. The summed E-state index contributed by atoms with van der Waals surface area (Å²) in [6.07, 6.45) is -0.127. The molecule has 2 aromatic rings. The van der Waals surface area contributed by atoms with Crippen LogP contribution in [0.2, 0.25) is 5.02 Å². The highest BCUT2D eigenvalue weighted by molar-refractivity contribution is 7.89. The fourth-order valence-corrected chi connectivity index (χ4v) is 4.29. The number of carbonyl (C=O) groups excluding carboxylic acids is 2. The maximum absolute atomic E-state index is 13.0. The molecule has 0 radical (unpaired) electrons. The number of methoxy groups -OCH3 is 1. The van der Waals surface area contributed by atoms with Gasteiger partial charge in [-0.15, -0.1) is 0 Å². The third-order valence-electron chi connectivity index (χ3n) is 4.54. The zero-order valence-corrected chi connectivity index (χ0v) is 19.7. The Bertz CT molecular complexity index is 1080. The first-order valence-corrected chi connectivity index (χ1v) is 11.4. The minimum atomic E-state index is -4.08. The molecule has 2 rings (SSSR count). The lowest BCUT2D eigenvalue weighted by Crippen LogP contribution is -2.31. The van der Waals surface area contributed by atoms with Gasteiger partial charge in [0.1, 0.15) is 10.6 Å². The van der Waals surface area contributed by atoms with E-state index in [4.69, 9.17) is 25.9 Å². The second-order valence-corrected chi connectivity index (χ2v) is 8.87. The molecule has 0 heterocycles. The first-order chi connectivity index (χ1) is 15.1. The quantitative estimate of drug-likeness (QED) is 0.407. The lowest BCUT2D eigenvalue weighted by atomic mass is 10.0. The van der Waals surface area contributed by atoms with Gasteiger partial charge in [-0.2, -0.15) is 0 Å². The predicted octanol–water partition coefficient (Wildman–Crippen LogP) is 2.95. The van der Waals surface area contributed by atoms with Crippen LogP contribution in [0.5, 0.6) is 5.75 Å². The van der Waals surface area contributed by atoms with Crippen LogP contribution in [0.25, 0.3) is 0 Å². The third-order valence-corrected chi connectivity index (χ3v) is 6.71. The summed E-state index contributed by atoms with van der Waals surface area (Å²) in [4.78, 5) is 29.6. The van der Waals surface area contributed by atoms with Crippen LogP contribution in [-0.4, -0.2) is 52.6 Å². The van der Waals surface area contributed by atoms with Crippen LogP contribution in [-0.2, 0) is 24.4 Å². The molecule has 0 saturated heterocycles. The summed E-state index contributed by atoms with van der Waals surface area (Å²) in [5, 5.41) is 2.69. The van der Waals surface area contributed by atoms with Crippen molar-refractivity contribution in [1.82, 2.24) is 9.79 Å². The Morgan fingerprint density at radius 3 is 2.50 bits per heavy atom. The average molecular weight is 485 g/mol. The number of carbonyl (C=O) groups is 2. The summed E-state index contributed by atoms with van der Waals surface area (Å²) in [5.74, 6) is -0.551. The lowest BCUT2D eigenvalue weighted by molar-refractivity contribution is -0.143. The van der Waals surface area contributed by atoms with E-state index < -0.39 is 27.9 Å². The molecule has 1 amide bonds. The molecule has 174 valence electrons. The Hall–Kier alpha value is -2.66. The normalized spacial score (nSPS) is 12.3. The van der Waals surface area contributed by atoms with Crippen LogP contribution in [0.3, 0.4) is 0 Å². The zero-order chi connectivity index (χ0) is 23.9. The van der Waals surface area contributed by atoms with E-state index in [1.165, 1.54) is 33.4 Å². The van der Waals surface area contributed by atoms with E-state index in [9.17, 15) is 18.0 Å². The molecular formula is C21H25ClN2O7S. The van der Waals surface area contributed by atoms with Gasteiger partial charge in [-0.25, -0.2) is 8.42 Å². The molecule has 0 aliphatic rings. The summed E-state index contributed by atoms with van der Waals surface area (Å²) in [5.41, 5.74) is 0.654. The number of ether oxygens (including phenoxy) is 2. The number of sulfonamides is 1. The minimum absolute atomic E-state index is 0.0363. The van der Waals surface area contributed by atoms with Gasteiger partial charge in [0.05, 0.1) is 38.3 Å². The van der Waals surface area contributed by atoms with E-state index in [0.29, 0.717) is 15.8 Å². The number of hydrogen-bond donors (Lipinski definition) is 1. The van der Waals surface area contributed by atoms with Gasteiger partial charge in [0.15, 0.2) is 0 Å². The molecular weight excluding hydrogens is 460 g/mol. The highest BCUT2D eigenvalue weighted by atomic mass is 35.5. The fraction of sp³-hybridized carbons (Fsp3) is 0.333. The number of nitrogens with one attached hydrogen (secondary N) is 1. The SMILES string of the molecule is CCOC(=O)CC(NC(=O)c1ccc(Cl)c(S(=O)(=O)N(C)OC)c1)c1cccc(OC)c1. The van der Waals surface area contributed by atoms with Crippen LogP contribution in [0.4, 0.5) is 0 Å². The zero-order valence-electron chi connectivity index (χ0n) is 18.1. The second-order valence-electron chi connectivity index (χ2n) is 6.55. The largest absolute Gasteiger partial charge is 0.497 e. The molecule has 1 unspecified atom stereocenters. The van der Waals surface area contributed by atoms with E-state index in [-0.39, 0.29) is 28.5 Å². The van der Waals surface area contributed by atoms with Gasteiger partial charge in [-0.05, 0) is 42.8 Å². The van der Waals surface area contributed by atoms with Crippen molar-refractivity contribution in [3.05, 3.63) is 58.6 Å². The van der Waals surface area contributed by atoms with Gasteiger partial charge < -0.3 is 14.8 Å². The van der Waals surface area contributed by atoms with Gasteiger partial charge >= 0.3 is 5.97 Å². The highest BCUT2D eigenvalue weighted by Crippen LogP contribution is 2.27. The first kappa shape index (κ1) is 25.6. The first-order valence-electron chi connectivity index (χ1n) is 9.57. The third kappa shape index (κ3) is 6.19. The van der Waals surface area contributed by atoms with Gasteiger partial charge in [0.2, 0.25) is 0 Å². The van der Waals surface area contributed by atoms with Crippen LogP contribution in [0.15, 0.2) is 47.4 Å². The van der Waals surface area contributed by atoms with Crippen molar-refractivity contribution in [1.29, 1.82) is 0 Å². The Morgan fingerprint density at radius 1 is 1.16 bits per heavy atom. The van der Waals surface area contributed by atoms with E-state index >= 15 is 0 Å². The number of hydroxylamine groups is 1. The molecule has 32 heavy (non-hydrogen) atoms. The van der Waals surface area contributed by atoms with Crippen molar-refractivity contribution in [3.8, 4) is 5.75 Å². The number of hydrogen-bond acceptors (Lipinski definition) is 7. The van der Waals surface area contributed by atoms with Gasteiger partial charge in [-0.1, -0.05) is 28.2 Å². The molecule has 1 N–H and O–H groups in total. The fourth-order valence-electron chi connectivity index (χ4n) is 2.82. The Kier molecular flexibility index (Phi) is 9.02. The maximum atomic E-state index is 13.0. The van der Waals surface area contributed by atoms with E-state index in [1.807, 2.05) is 0 Å². The number of benzene rings is 2. The second kappa shape index (κ2) is 11.3. The molecule has 0 saturated carbocycles. The summed E-state index contributed by atoms with van der Waals surface area (Å²) in [6, 6.07) is 9.98. The van der Waals surface area contributed by atoms with Crippen LogP contribution in [0, 0.1) is 0 Å². The molecule has 0 bridgehead atoms. The molecule has 1 atom stereocenters. The molecule has 9 nitrogen and oxygen atoms in total. The summed E-state index contributed by atoms with van der Waals surface area (Å²) < 4.78 is 36.1. The summed E-state index contributed by atoms with van der Waals surface area (Å²) in [6.45, 7) is 1.88. The van der Waals surface area contributed by atoms with Crippen molar-refractivity contribution in [2.75, 3.05) is 27.9 Å². The molecule has 0 spiro atoms. The van der Waals surface area contributed by atoms with Gasteiger partial charge in [0.25, 0.3) is 15.9 Å². The Balaban J connectivity index is 2.38. The van der Waals surface area contributed by atoms with Crippen molar-refractivity contribution in [2.24, 2.45) is 0 Å². The Morgan fingerprint density at radius 2 is 1.88 bits per heavy atom. The maximum Gasteiger partial charge on any atom is 0.308 e. The molecule has 11 heteroatoms. The number of amides is 1. The number of rotatable bonds is 10. The van der Waals surface area contributed by atoms with Crippen LogP contribution >= 0.6 is 11.6 Å². The monoisotopic (exact) mass is 484 g/mol. The molecule has 0 fully saturated rings. The average Bonchev–Trinajstić information content (AvgIpc) is 2.78. The predicted molar refractivity (Wildman–Crippen MR) is 118 cm³/mol. The summed E-state index contributed by atoms with van der Waals surface area (Å²) in [7, 11) is -0.183. The van der Waals surface area contributed by atoms with Gasteiger partial charge in [-0.3, -0.25) is 14.4 Å². The number of halogens is 1. The Labute approximate surface area is 192 Å². The molecule has 0 aromatic heterocycles. The highest BCUT2D eigenvalue weighted by Gasteiger charge is 2.26. The summed E-state index contributed by atoms with van der Waals surface area (Å²) >= 11 is 6.06. The smallest absolute Gasteiger partial charge is 0.308 e. The van der Waals surface area contributed by atoms with Crippen LogP contribution in [0.1, 0.15) is 35.3 Å². The molecule has 2 aromatic carbocycles. The topological polar surface area (TPSA) is 111 Å². The van der Waals surface area contributed by atoms with Crippen molar-refractivity contribution in [2.45, 2.75) is 24.3 Å². The van der Waals surface area contributed by atoms with Crippen molar-refractivity contribution < 1.29 is 32.3 Å². The molecule has 0 aliphatic carbocycles. The van der Waals surface area contributed by atoms with E-state index in [2.05, 4.69) is 5.32 Å². The standard InChI is InChI=1S/C21H25ClN2O7S/c1-5-31-20(25)13-18(14-7-6-8-16(11-14)29-3)23-21(26)15-9-10-17(22)19(12-15)32(27,28)24(2)30-4/h6-12,18H,5,13H2,1-4H3,(H,23,26). The van der Waals surface area contributed by atoms with Crippen LogP contribution < -0.4 is 10.1 Å².